The Morgan fingerprint density at radius 3 is 2.44 bits per heavy atom. The van der Waals surface area contributed by atoms with Crippen LogP contribution in [0.5, 0.6) is 5.75 Å². The Balaban J connectivity index is 1.77. The molecule has 1 heterocycles. The Kier molecular flexibility index (Phi) is 5.86. The second kappa shape index (κ2) is 8.49. The first kappa shape index (κ1) is 18.6. The highest BCUT2D eigenvalue weighted by atomic mass is 19.1. The lowest BCUT2D eigenvalue weighted by atomic mass is 10.0. The lowest BCUT2D eigenvalue weighted by molar-refractivity contribution is 0.415. The van der Waals surface area contributed by atoms with Gasteiger partial charge in [-0.25, -0.2) is 9.37 Å². The number of halogens is 1. The van der Waals surface area contributed by atoms with Crippen molar-refractivity contribution in [2.24, 2.45) is 0 Å². The van der Waals surface area contributed by atoms with Crippen LogP contribution < -0.4 is 15.4 Å². The quantitative estimate of drug-likeness (QED) is 0.588. The van der Waals surface area contributed by atoms with Crippen molar-refractivity contribution in [2.45, 2.75) is 26.7 Å². The summed E-state index contributed by atoms with van der Waals surface area (Å²) < 4.78 is 19.3. The van der Waals surface area contributed by atoms with Gasteiger partial charge in [0.05, 0.1) is 13.3 Å². The molecule has 0 bridgehead atoms. The molecule has 140 valence electrons. The van der Waals surface area contributed by atoms with E-state index in [1.165, 1.54) is 11.1 Å². The first-order valence-corrected chi connectivity index (χ1v) is 8.89. The summed E-state index contributed by atoms with van der Waals surface area (Å²) in [5.41, 5.74) is 4.05. The van der Waals surface area contributed by atoms with Gasteiger partial charge in [-0.15, -0.1) is 0 Å². The number of anilines is 4. The van der Waals surface area contributed by atoms with Crippen molar-refractivity contribution < 1.29 is 9.13 Å². The van der Waals surface area contributed by atoms with Gasteiger partial charge in [0.15, 0.2) is 11.6 Å². The maximum absolute atomic E-state index is 14.2. The largest absolute Gasteiger partial charge is 0.497 e. The van der Waals surface area contributed by atoms with E-state index < -0.39 is 5.82 Å². The third-order valence-electron chi connectivity index (χ3n) is 4.21. The lowest BCUT2D eigenvalue weighted by Crippen LogP contribution is -2.03. The average Bonchev–Trinajstić information content (AvgIpc) is 2.67. The molecule has 6 heteroatoms. The molecule has 0 fully saturated rings. The highest BCUT2D eigenvalue weighted by Gasteiger charge is 2.09. The molecule has 3 aromatic rings. The first-order chi connectivity index (χ1) is 13.1. The summed E-state index contributed by atoms with van der Waals surface area (Å²) in [5, 5.41) is 6.10. The molecular weight excluding hydrogens is 343 g/mol. The van der Waals surface area contributed by atoms with Crippen LogP contribution in [0.15, 0.2) is 48.7 Å². The zero-order valence-corrected chi connectivity index (χ0v) is 15.7. The summed E-state index contributed by atoms with van der Waals surface area (Å²) in [5.74, 6) is 0.683. The van der Waals surface area contributed by atoms with Crippen LogP contribution in [0.4, 0.5) is 27.5 Å². The molecule has 2 aromatic carbocycles. The van der Waals surface area contributed by atoms with Crippen LogP contribution in [-0.4, -0.2) is 17.1 Å². The molecular formula is C21H23FN4O. The van der Waals surface area contributed by atoms with Gasteiger partial charge in [0.1, 0.15) is 5.75 Å². The van der Waals surface area contributed by atoms with Gasteiger partial charge in [0.25, 0.3) is 0 Å². The summed E-state index contributed by atoms with van der Waals surface area (Å²) in [4.78, 5) is 8.26. The minimum Gasteiger partial charge on any atom is -0.497 e. The third-order valence-corrected chi connectivity index (χ3v) is 4.21. The molecule has 0 aliphatic rings. The molecule has 1 aromatic heterocycles. The van der Waals surface area contributed by atoms with Crippen molar-refractivity contribution in [1.82, 2.24) is 9.97 Å². The number of benzene rings is 2. The predicted molar refractivity (Wildman–Crippen MR) is 107 cm³/mol. The van der Waals surface area contributed by atoms with Crippen molar-refractivity contribution in [3.05, 3.63) is 65.6 Å². The minimum atomic E-state index is -0.509. The van der Waals surface area contributed by atoms with Crippen LogP contribution in [0.2, 0.25) is 0 Å². The fraction of sp³-hybridized carbons (Fsp3) is 0.238. The molecule has 0 aliphatic carbocycles. The Morgan fingerprint density at radius 1 is 1.04 bits per heavy atom. The Hall–Kier alpha value is -3.15. The van der Waals surface area contributed by atoms with Crippen molar-refractivity contribution in [1.29, 1.82) is 0 Å². The molecule has 0 amide bonds. The summed E-state index contributed by atoms with van der Waals surface area (Å²) >= 11 is 0. The van der Waals surface area contributed by atoms with Gasteiger partial charge >= 0.3 is 0 Å². The molecule has 0 radical (unpaired) electrons. The smallest absolute Gasteiger partial charge is 0.229 e. The number of hydrogen-bond acceptors (Lipinski definition) is 5. The number of aryl methyl sites for hydroxylation is 2. The Labute approximate surface area is 158 Å². The predicted octanol–water partition coefficient (Wildman–Crippen LogP) is 5.37. The molecule has 0 atom stereocenters. The van der Waals surface area contributed by atoms with Gasteiger partial charge in [0, 0.05) is 11.4 Å². The first-order valence-electron chi connectivity index (χ1n) is 8.89. The molecule has 0 saturated heterocycles. The second-order valence-corrected chi connectivity index (χ2v) is 6.26. The maximum atomic E-state index is 14.2. The molecule has 5 nitrogen and oxygen atoms in total. The molecule has 0 saturated carbocycles. The fourth-order valence-electron chi connectivity index (χ4n) is 2.78. The molecule has 0 aliphatic heterocycles. The van der Waals surface area contributed by atoms with E-state index in [2.05, 4.69) is 40.5 Å². The van der Waals surface area contributed by atoms with E-state index in [0.29, 0.717) is 5.95 Å². The molecule has 27 heavy (non-hydrogen) atoms. The van der Waals surface area contributed by atoms with Crippen LogP contribution in [0.3, 0.4) is 0 Å². The van der Waals surface area contributed by atoms with Gasteiger partial charge in [-0.1, -0.05) is 19.4 Å². The van der Waals surface area contributed by atoms with Crippen molar-refractivity contribution in [3.63, 3.8) is 0 Å². The Bertz CT molecular complexity index is 913. The van der Waals surface area contributed by atoms with Crippen LogP contribution in [-0.2, 0) is 6.42 Å². The van der Waals surface area contributed by atoms with Crippen LogP contribution in [0, 0.1) is 12.7 Å². The summed E-state index contributed by atoms with van der Waals surface area (Å²) in [6.07, 6.45) is 3.28. The van der Waals surface area contributed by atoms with E-state index in [1.807, 2.05) is 36.4 Å². The second-order valence-electron chi connectivity index (χ2n) is 6.26. The topological polar surface area (TPSA) is 59.1 Å². The summed E-state index contributed by atoms with van der Waals surface area (Å²) in [7, 11) is 1.61. The van der Waals surface area contributed by atoms with Gasteiger partial charge < -0.3 is 15.4 Å². The summed E-state index contributed by atoms with van der Waals surface area (Å²) in [6, 6.07) is 13.3. The van der Waals surface area contributed by atoms with Gasteiger partial charge in [-0.2, -0.15) is 4.98 Å². The van der Waals surface area contributed by atoms with Crippen LogP contribution >= 0.6 is 0 Å². The van der Waals surface area contributed by atoms with Gasteiger partial charge in [-0.05, 0) is 60.9 Å². The molecule has 2 N–H and O–H groups in total. The van der Waals surface area contributed by atoms with E-state index in [4.69, 9.17) is 4.74 Å². The molecule has 0 unspecified atom stereocenters. The number of methoxy groups -OCH3 is 1. The number of nitrogens with one attached hydrogen (secondary N) is 2. The highest BCUT2D eigenvalue weighted by Crippen LogP contribution is 2.23. The average molecular weight is 366 g/mol. The van der Waals surface area contributed by atoms with Crippen molar-refractivity contribution in [3.8, 4) is 5.75 Å². The van der Waals surface area contributed by atoms with Gasteiger partial charge in [0.2, 0.25) is 5.95 Å². The minimum absolute atomic E-state index is 0.128. The zero-order valence-electron chi connectivity index (χ0n) is 15.7. The molecule has 0 spiro atoms. The SMILES string of the molecule is CCCc1ccc(Nc2nc(Nc3ccc(OC)cc3)ncc2F)cc1C. The Morgan fingerprint density at radius 2 is 1.78 bits per heavy atom. The maximum Gasteiger partial charge on any atom is 0.229 e. The highest BCUT2D eigenvalue weighted by molar-refractivity contribution is 5.61. The number of rotatable bonds is 7. The zero-order chi connectivity index (χ0) is 19.2. The fourth-order valence-corrected chi connectivity index (χ4v) is 2.78. The lowest BCUT2D eigenvalue weighted by Gasteiger charge is -2.12. The standard InChI is InChI=1S/C21H23FN4O/c1-4-5-15-6-7-17(12-14(15)2)24-20-19(22)13-23-21(26-20)25-16-8-10-18(27-3)11-9-16/h6-13H,4-5H2,1-3H3,(H2,23,24,25,26). The summed E-state index contributed by atoms with van der Waals surface area (Å²) in [6.45, 7) is 4.21. The van der Waals surface area contributed by atoms with Crippen LogP contribution in [0.25, 0.3) is 0 Å². The van der Waals surface area contributed by atoms with Crippen LogP contribution in [0.1, 0.15) is 24.5 Å². The van der Waals surface area contributed by atoms with Gasteiger partial charge in [-0.3, -0.25) is 0 Å². The molecule has 3 rings (SSSR count). The van der Waals surface area contributed by atoms with E-state index in [0.717, 1.165) is 36.2 Å². The monoisotopic (exact) mass is 366 g/mol. The number of aromatic nitrogens is 2. The number of ether oxygens (including phenoxy) is 1. The third kappa shape index (κ3) is 4.73. The number of hydrogen-bond donors (Lipinski definition) is 2. The van der Waals surface area contributed by atoms with E-state index in [9.17, 15) is 4.39 Å². The van der Waals surface area contributed by atoms with Crippen molar-refractivity contribution in [2.75, 3.05) is 17.7 Å². The normalized spacial score (nSPS) is 10.5. The van der Waals surface area contributed by atoms with E-state index in [1.54, 1.807) is 7.11 Å². The number of nitrogens with zero attached hydrogens (tertiary/aromatic N) is 2. The van der Waals surface area contributed by atoms with Crippen molar-refractivity contribution >= 4 is 23.1 Å². The van der Waals surface area contributed by atoms with E-state index in [-0.39, 0.29) is 5.82 Å². The van der Waals surface area contributed by atoms with E-state index >= 15 is 0 Å².